The summed E-state index contributed by atoms with van der Waals surface area (Å²) in [6.45, 7) is 1.69. The molecule has 3 N–H and O–H groups in total. The largest absolute Gasteiger partial charge is 0.390 e. The minimum absolute atomic E-state index is 0.434. The Hall–Kier alpha value is -0.940. The molecule has 4 heteroatoms. The monoisotopic (exact) mass is 252 g/mol. The highest BCUT2D eigenvalue weighted by molar-refractivity contribution is 5.14. The normalized spacial score (nSPS) is 33.6. The minimum atomic E-state index is -1.01. The minimum Gasteiger partial charge on any atom is -0.390 e. The van der Waals surface area contributed by atoms with Crippen LogP contribution in [0.15, 0.2) is 30.3 Å². The molecule has 5 unspecified atom stereocenters. The summed E-state index contributed by atoms with van der Waals surface area (Å²) in [5.41, 5.74) is 1.14. The lowest BCUT2D eigenvalue weighted by Crippen LogP contribution is -2.38. The van der Waals surface area contributed by atoms with Crippen LogP contribution in [0.25, 0.3) is 0 Å². The second-order valence-corrected chi connectivity index (χ2v) is 4.88. The van der Waals surface area contributed by atoms with E-state index in [4.69, 9.17) is 4.74 Å². The molecule has 1 aromatic rings. The van der Waals surface area contributed by atoms with E-state index in [1.165, 1.54) is 0 Å². The van der Waals surface area contributed by atoms with Crippen LogP contribution >= 0.6 is 0 Å². The maximum absolute atomic E-state index is 10.0. The fourth-order valence-corrected chi connectivity index (χ4v) is 2.32. The third-order valence-corrected chi connectivity index (χ3v) is 3.49. The van der Waals surface area contributed by atoms with Gasteiger partial charge in [0.25, 0.3) is 0 Å². The second-order valence-electron chi connectivity index (χ2n) is 4.88. The van der Waals surface area contributed by atoms with Gasteiger partial charge in [0, 0.05) is 0 Å². The fourth-order valence-electron chi connectivity index (χ4n) is 2.32. The third kappa shape index (κ3) is 2.90. The first-order valence-electron chi connectivity index (χ1n) is 6.33. The van der Waals surface area contributed by atoms with Crippen molar-refractivity contribution in [1.82, 2.24) is 0 Å². The van der Waals surface area contributed by atoms with E-state index in [0.717, 1.165) is 12.0 Å². The van der Waals surface area contributed by atoms with E-state index >= 15 is 0 Å². The maximum Gasteiger partial charge on any atom is 0.112 e. The van der Waals surface area contributed by atoms with Crippen LogP contribution in [0.4, 0.5) is 0 Å². The Balaban J connectivity index is 1.87. The number of aliphatic hydroxyl groups excluding tert-OH is 3. The molecule has 100 valence electrons. The van der Waals surface area contributed by atoms with Crippen molar-refractivity contribution >= 4 is 0 Å². The van der Waals surface area contributed by atoms with E-state index in [1.807, 2.05) is 30.3 Å². The lowest BCUT2D eigenvalue weighted by molar-refractivity contribution is -0.0642. The lowest BCUT2D eigenvalue weighted by Gasteiger charge is -2.21. The van der Waals surface area contributed by atoms with Crippen LogP contribution in [-0.4, -0.2) is 45.8 Å². The van der Waals surface area contributed by atoms with Crippen LogP contribution < -0.4 is 0 Å². The van der Waals surface area contributed by atoms with Crippen LogP contribution in [0.5, 0.6) is 0 Å². The Kier molecular flexibility index (Phi) is 4.35. The quantitative estimate of drug-likeness (QED) is 0.729. The number of benzene rings is 1. The molecular formula is C14H20O4. The standard InChI is InChI=1S/C14H20O4/c1-9-12(16)13(17)14(18-9)11(15)8-7-10-5-3-2-4-6-10/h2-6,9,11-17H,7-8H2,1H3. The van der Waals surface area contributed by atoms with Crippen molar-refractivity contribution in [2.75, 3.05) is 0 Å². The molecule has 0 radical (unpaired) electrons. The Labute approximate surface area is 107 Å². The van der Waals surface area contributed by atoms with Crippen molar-refractivity contribution in [2.45, 2.75) is 50.3 Å². The molecule has 1 fully saturated rings. The van der Waals surface area contributed by atoms with Gasteiger partial charge in [-0.2, -0.15) is 0 Å². The van der Waals surface area contributed by atoms with Gasteiger partial charge < -0.3 is 20.1 Å². The van der Waals surface area contributed by atoms with Crippen molar-refractivity contribution in [3.8, 4) is 0 Å². The van der Waals surface area contributed by atoms with Gasteiger partial charge in [-0.05, 0) is 25.3 Å². The molecule has 1 saturated heterocycles. The summed E-state index contributed by atoms with van der Waals surface area (Å²) in [4.78, 5) is 0. The topological polar surface area (TPSA) is 69.9 Å². The first-order valence-corrected chi connectivity index (χ1v) is 6.33. The highest BCUT2D eigenvalue weighted by Gasteiger charge is 2.43. The highest BCUT2D eigenvalue weighted by atomic mass is 16.6. The zero-order valence-corrected chi connectivity index (χ0v) is 10.4. The molecule has 4 nitrogen and oxygen atoms in total. The van der Waals surface area contributed by atoms with Crippen molar-refractivity contribution in [2.24, 2.45) is 0 Å². The Morgan fingerprint density at radius 3 is 2.39 bits per heavy atom. The molecule has 5 atom stereocenters. The summed E-state index contributed by atoms with van der Waals surface area (Å²) in [5, 5.41) is 29.4. The van der Waals surface area contributed by atoms with Crippen molar-refractivity contribution in [1.29, 1.82) is 0 Å². The fraction of sp³-hybridized carbons (Fsp3) is 0.571. The van der Waals surface area contributed by atoms with Crippen LogP contribution in [-0.2, 0) is 11.2 Å². The molecule has 0 saturated carbocycles. The number of ether oxygens (including phenoxy) is 1. The molecule has 1 aliphatic rings. The van der Waals surface area contributed by atoms with E-state index in [1.54, 1.807) is 6.92 Å². The Morgan fingerprint density at radius 1 is 1.17 bits per heavy atom. The van der Waals surface area contributed by atoms with E-state index < -0.39 is 30.5 Å². The van der Waals surface area contributed by atoms with E-state index in [2.05, 4.69) is 0 Å². The summed E-state index contributed by atoms with van der Waals surface area (Å²) in [5.74, 6) is 0. The predicted octanol–water partition coefficient (Wildman–Crippen LogP) is 0.489. The summed E-state index contributed by atoms with van der Waals surface area (Å²) in [6, 6.07) is 9.84. The summed E-state index contributed by atoms with van der Waals surface area (Å²) in [6.07, 6.45) is -2.59. The van der Waals surface area contributed by atoms with Gasteiger partial charge >= 0.3 is 0 Å². The molecule has 0 amide bonds. The Morgan fingerprint density at radius 2 is 1.83 bits per heavy atom. The molecule has 1 aromatic carbocycles. The first kappa shape index (κ1) is 13.5. The molecule has 0 aromatic heterocycles. The molecular weight excluding hydrogens is 232 g/mol. The van der Waals surface area contributed by atoms with Crippen molar-refractivity contribution in [3.05, 3.63) is 35.9 Å². The summed E-state index contributed by atoms with van der Waals surface area (Å²) >= 11 is 0. The van der Waals surface area contributed by atoms with Gasteiger partial charge in [0.05, 0.1) is 12.2 Å². The molecule has 0 spiro atoms. The summed E-state index contributed by atoms with van der Waals surface area (Å²) < 4.78 is 5.39. The van der Waals surface area contributed by atoms with E-state index in [0.29, 0.717) is 6.42 Å². The van der Waals surface area contributed by atoms with Crippen molar-refractivity contribution in [3.63, 3.8) is 0 Å². The van der Waals surface area contributed by atoms with Gasteiger partial charge in [0.15, 0.2) is 0 Å². The first-order chi connectivity index (χ1) is 8.59. The number of hydrogen-bond donors (Lipinski definition) is 3. The van der Waals surface area contributed by atoms with Crippen LogP contribution in [0.1, 0.15) is 18.9 Å². The molecule has 18 heavy (non-hydrogen) atoms. The van der Waals surface area contributed by atoms with Crippen molar-refractivity contribution < 1.29 is 20.1 Å². The zero-order valence-electron chi connectivity index (χ0n) is 10.4. The molecule has 1 heterocycles. The summed E-state index contributed by atoms with van der Waals surface area (Å²) in [7, 11) is 0. The van der Waals surface area contributed by atoms with Gasteiger partial charge in [-0.1, -0.05) is 30.3 Å². The van der Waals surface area contributed by atoms with E-state index in [9.17, 15) is 15.3 Å². The average Bonchev–Trinajstić information content (AvgIpc) is 2.65. The average molecular weight is 252 g/mol. The highest BCUT2D eigenvalue weighted by Crippen LogP contribution is 2.25. The van der Waals surface area contributed by atoms with Gasteiger partial charge in [0.2, 0.25) is 0 Å². The van der Waals surface area contributed by atoms with Crippen LogP contribution in [0.3, 0.4) is 0 Å². The number of aliphatic hydroxyl groups is 3. The zero-order chi connectivity index (χ0) is 13.1. The van der Waals surface area contributed by atoms with Gasteiger partial charge in [-0.3, -0.25) is 0 Å². The smallest absolute Gasteiger partial charge is 0.112 e. The van der Waals surface area contributed by atoms with Crippen LogP contribution in [0, 0.1) is 0 Å². The maximum atomic E-state index is 10.0. The molecule has 0 bridgehead atoms. The number of aryl methyl sites for hydroxylation is 1. The molecule has 0 aliphatic carbocycles. The van der Waals surface area contributed by atoms with Gasteiger partial charge in [-0.25, -0.2) is 0 Å². The number of rotatable bonds is 4. The second kappa shape index (κ2) is 5.80. The SMILES string of the molecule is CC1OC(C(O)CCc2ccccc2)C(O)C1O. The van der Waals surface area contributed by atoms with Gasteiger partial charge in [0.1, 0.15) is 18.3 Å². The molecule has 2 rings (SSSR count). The third-order valence-electron chi connectivity index (χ3n) is 3.49. The van der Waals surface area contributed by atoms with E-state index in [-0.39, 0.29) is 0 Å². The predicted molar refractivity (Wildman–Crippen MR) is 67.1 cm³/mol. The van der Waals surface area contributed by atoms with Gasteiger partial charge in [-0.15, -0.1) is 0 Å². The van der Waals surface area contributed by atoms with Crippen LogP contribution in [0.2, 0.25) is 0 Å². The lowest BCUT2D eigenvalue weighted by atomic mass is 9.99. The molecule has 1 aliphatic heterocycles. The Bertz CT molecular complexity index is 367. The number of hydrogen-bond acceptors (Lipinski definition) is 4.